The molecule has 390 valence electrons. The number of ether oxygens (including phenoxy) is 3. The van der Waals surface area contributed by atoms with Gasteiger partial charge in [0.25, 0.3) is 0 Å². The summed E-state index contributed by atoms with van der Waals surface area (Å²) in [6.45, 7) is 1.78. The van der Waals surface area contributed by atoms with Gasteiger partial charge in [-0.05, 0) is 70.3 Å². The van der Waals surface area contributed by atoms with E-state index in [0.29, 0.717) is 19.3 Å². The van der Waals surface area contributed by atoms with Gasteiger partial charge in [0.15, 0.2) is 12.3 Å². The number of esters is 2. The number of anilines is 1. The summed E-state index contributed by atoms with van der Waals surface area (Å²) in [5.74, 6) is -1.41. The molecule has 1 fully saturated rings. The zero-order valence-electron chi connectivity index (χ0n) is 40.2. The van der Waals surface area contributed by atoms with Crippen LogP contribution in [0.2, 0.25) is 0 Å². The third-order valence-corrected chi connectivity index (χ3v) is 13.0. The first-order valence-corrected chi connectivity index (χ1v) is 27.0. The van der Waals surface area contributed by atoms with Crippen molar-refractivity contribution in [1.82, 2.24) is 9.55 Å². The average molecular weight is 1010 g/mol. The van der Waals surface area contributed by atoms with Crippen molar-refractivity contribution in [3.05, 3.63) is 95.7 Å². The van der Waals surface area contributed by atoms with E-state index in [2.05, 4.69) is 71.8 Å². The van der Waals surface area contributed by atoms with Crippen LogP contribution in [-0.4, -0.2) is 96.9 Å². The van der Waals surface area contributed by atoms with Crippen molar-refractivity contribution in [1.29, 1.82) is 0 Å². The van der Waals surface area contributed by atoms with Crippen molar-refractivity contribution in [2.75, 3.05) is 25.6 Å². The zero-order valence-corrected chi connectivity index (χ0v) is 42.0. The molecule has 1 aliphatic heterocycles. The molecule has 69 heavy (non-hydrogen) atoms. The molecule has 1 aromatic heterocycles. The van der Waals surface area contributed by atoms with E-state index in [1.54, 1.807) is 6.08 Å². The Morgan fingerprint density at radius 3 is 2.01 bits per heavy atom. The Morgan fingerprint density at radius 1 is 0.768 bits per heavy atom. The Bertz CT molecular complexity index is 1950. The number of unbranched alkanes of at least 4 members (excludes halogenated alkanes) is 9. The lowest BCUT2D eigenvalue weighted by atomic mass is 10.1. The normalized spacial score (nSPS) is 20.4. The summed E-state index contributed by atoms with van der Waals surface area (Å²) in [5.41, 5.74) is 4.57. The number of phosphoric ester groups is 2. The summed E-state index contributed by atoms with van der Waals surface area (Å²) in [5, 5.41) is 31.1. The topological polar surface area (TPSA) is 286 Å². The van der Waals surface area contributed by atoms with Crippen molar-refractivity contribution >= 4 is 33.4 Å². The van der Waals surface area contributed by atoms with Crippen molar-refractivity contribution in [3.8, 4) is 0 Å². The number of nitrogens with zero attached hydrogens (tertiary/aromatic N) is 2. The molecule has 2 rings (SSSR count). The summed E-state index contributed by atoms with van der Waals surface area (Å²) in [4.78, 5) is 61.8. The molecule has 0 bridgehead atoms. The van der Waals surface area contributed by atoms with E-state index in [1.165, 1.54) is 6.07 Å². The summed E-state index contributed by atoms with van der Waals surface area (Å²) >= 11 is 0. The van der Waals surface area contributed by atoms with Crippen LogP contribution in [0.1, 0.15) is 142 Å². The quantitative estimate of drug-likeness (QED) is 0.0119. The number of nitrogens with two attached hydrogens (primary N) is 1. The number of aliphatic hydroxyl groups excluding tert-OH is 3. The van der Waals surface area contributed by atoms with Crippen LogP contribution in [0.15, 0.2) is 90.0 Å². The van der Waals surface area contributed by atoms with Gasteiger partial charge in [-0.25, -0.2) is 13.9 Å². The van der Waals surface area contributed by atoms with Gasteiger partial charge in [-0.2, -0.15) is 9.29 Å². The lowest BCUT2D eigenvalue weighted by molar-refractivity contribution is -0.161. The monoisotopic (exact) mass is 1010 g/mol. The fraction of sp³-hybridized carbons (Fsp3) is 0.625. The van der Waals surface area contributed by atoms with Crippen LogP contribution in [0.4, 0.5) is 5.82 Å². The predicted molar refractivity (Wildman–Crippen MR) is 262 cm³/mol. The number of phosphoric acid groups is 2. The molecule has 0 spiro atoms. The highest BCUT2D eigenvalue weighted by Gasteiger charge is 2.46. The van der Waals surface area contributed by atoms with E-state index in [0.717, 1.165) is 101 Å². The third kappa shape index (κ3) is 29.2. The molecular formula is C48H77N3O16P2. The molecule has 2 heterocycles. The fourth-order valence-electron chi connectivity index (χ4n) is 6.69. The molecule has 8 atom stereocenters. The molecule has 1 aromatic rings. The van der Waals surface area contributed by atoms with E-state index in [1.807, 2.05) is 18.2 Å². The second-order valence-corrected chi connectivity index (χ2v) is 19.4. The molecule has 0 aliphatic carbocycles. The van der Waals surface area contributed by atoms with Crippen molar-refractivity contribution < 1.29 is 71.4 Å². The Hall–Kier alpha value is -3.84. The highest BCUT2D eigenvalue weighted by molar-refractivity contribution is 7.61. The van der Waals surface area contributed by atoms with Gasteiger partial charge in [0.1, 0.15) is 30.7 Å². The third-order valence-electron chi connectivity index (χ3n) is 10.4. The van der Waals surface area contributed by atoms with Gasteiger partial charge in [0, 0.05) is 19.0 Å². The molecule has 1 aliphatic rings. The average Bonchev–Trinajstić information content (AvgIpc) is 3.58. The van der Waals surface area contributed by atoms with Gasteiger partial charge in [-0.1, -0.05) is 132 Å². The number of carbonyl (C=O) groups excluding carboxylic acids is 2. The fourth-order valence-corrected chi connectivity index (χ4v) is 8.80. The van der Waals surface area contributed by atoms with Gasteiger partial charge >= 0.3 is 33.3 Å². The van der Waals surface area contributed by atoms with Gasteiger partial charge < -0.3 is 45.1 Å². The lowest BCUT2D eigenvalue weighted by Crippen LogP contribution is -2.36. The van der Waals surface area contributed by atoms with Crippen molar-refractivity contribution in [2.45, 2.75) is 173 Å². The van der Waals surface area contributed by atoms with Crippen molar-refractivity contribution in [2.24, 2.45) is 0 Å². The Labute approximate surface area is 407 Å². The number of aliphatic hydroxyl groups is 3. The molecule has 7 N–H and O–H groups in total. The van der Waals surface area contributed by atoms with E-state index in [9.17, 15) is 48.6 Å². The number of hydrogen-bond donors (Lipinski definition) is 6. The van der Waals surface area contributed by atoms with Crippen LogP contribution in [0.25, 0.3) is 0 Å². The lowest BCUT2D eigenvalue weighted by Gasteiger charge is -2.21. The van der Waals surface area contributed by atoms with Crippen LogP contribution in [0.3, 0.4) is 0 Å². The Balaban J connectivity index is 1.85. The molecule has 0 saturated carbocycles. The number of carbonyl (C=O) groups is 2. The number of hydrogen-bond acceptors (Lipinski definition) is 16. The van der Waals surface area contributed by atoms with Gasteiger partial charge in [0.05, 0.1) is 19.3 Å². The molecule has 3 unspecified atom stereocenters. The van der Waals surface area contributed by atoms with E-state index < -0.39 is 89.8 Å². The number of allylic oxidation sites excluding steroid dienone is 11. The summed E-state index contributed by atoms with van der Waals surface area (Å²) in [6, 6.07) is 1.24. The summed E-state index contributed by atoms with van der Waals surface area (Å²) in [7, 11) is -10.9. The van der Waals surface area contributed by atoms with E-state index in [4.69, 9.17) is 29.0 Å². The zero-order chi connectivity index (χ0) is 50.8. The first kappa shape index (κ1) is 61.3. The number of nitrogen functional groups attached to an aromatic ring is 1. The van der Waals surface area contributed by atoms with Gasteiger partial charge in [-0.3, -0.25) is 23.2 Å². The minimum Gasteiger partial charge on any atom is -0.462 e. The maximum absolute atomic E-state index is 12.8. The van der Waals surface area contributed by atoms with Crippen LogP contribution in [-0.2, 0) is 46.3 Å². The number of aromatic nitrogens is 2. The molecule has 0 aromatic carbocycles. The van der Waals surface area contributed by atoms with Crippen LogP contribution < -0.4 is 11.4 Å². The molecular weight excluding hydrogens is 936 g/mol. The minimum absolute atomic E-state index is 0.00647. The molecule has 19 nitrogen and oxygen atoms in total. The SMILES string of the molecule is CC/C=C\C/C=C\C/C=C\CCCCCCCC(=O)O[C@H](COC(=O)CCCCCCCC(O)/C=C/C=C/C/C=C/CC)COP(=O)(O)OP(=O)(O)OC[C@H]1O[C@@H](n2ccc(N)nc2=O)[C@H](O)[C@@H]1O. The number of rotatable bonds is 38. The first-order valence-electron chi connectivity index (χ1n) is 24.1. The maximum atomic E-state index is 12.8. The molecule has 21 heteroatoms. The first-order chi connectivity index (χ1) is 33.1. The van der Waals surface area contributed by atoms with Crippen LogP contribution in [0, 0.1) is 0 Å². The highest BCUT2D eigenvalue weighted by atomic mass is 31.3. The standard InChI is InChI=1S/C48H77N3O16P2/c1-3-5-7-9-11-12-13-14-15-16-17-18-20-24-29-33-44(54)65-40(36-62-43(53)32-28-25-21-23-27-31-39(52)30-26-22-19-10-8-6-4-2)37-63-68(58,59)67-69(60,61)64-38-41-45(55)46(56)47(66-41)51-35-34-42(49)50-48(51)57/h5-8,11-12,14-15,19,22,26,30,34-35,39-41,45-47,52,55-56H,3-4,9-10,13,16-18,20-21,23-25,27-29,31-33,36-38H2,1-2H3,(H,58,59)(H,60,61)(H2,49,50,57)/b7-5-,8-6+,12-11-,15-14-,22-19+,30-26+/t39?,40-,41-,45-,46-,47-/m1/s1. The van der Waals surface area contributed by atoms with Crippen LogP contribution >= 0.6 is 15.6 Å². The second-order valence-electron chi connectivity index (χ2n) is 16.4. The highest BCUT2D eigenvalue weighted by Crippen LogP contribution is 2.60. The molecule has 0 radical (unpaired) electrons. The largest absolute Gasteiger partial charge is 0.481 e. The maximum Gasteiger partial charge on any atom is 0.481 e. The van der Waals surface area contributed by atoms with Gasteiger partial charge in [-0.15, -0.1) is 0 Å². The Kier molecular flexibility index (Phi) is 32.1. The molecule has 1 saturated heterocycles. The predicted octanol–water partition coefficient (Wildman–Crippen LogP) is 8.30. The minimum atomic E-state index is -5.45. The van der Waals surface area contributed by atoms with Gasteiger partial charge in [0.2, 0.25) is 0 Å². The second kappa shape index (κ2) is 36.1. The summed E-state index contributed by atoms with van der Waals surface area (Å²) in [6.07, 6.45) is 31.5. The summed E-state index contributed by atoms with van der Waals surface area (Å²) < 4.78 is 56.6. The van der Waals surface area contributed by atoms with Crippen LogP contribution in [0.5, 0.6) is 0 Å². The molecule has 0 amide bonds. The van der Waals surface area contributed by atoms with E-state index in [-0.39, 0.29) is 18.7 Å². The van der Waals surface area contributed by atoms with Crippen molar-refractivity contribution in [3.63, 3.8) is 0 Å². The van der Waals surface area contributed by atoms with E-state index >= 15 is 0 Å². The Morgan fingerprint density at radius 2 is 1.35 bits per heavy atom. The smallest absolute Gasteiger partial charge is 0.462 e.